The third-order valence-corrected chi connectivity index (χ3v) is 2.29. The number of aliphatic hydroxyl groups excluding tert-OH is 2. The molecule has 0 heterocycles. The number of aliphatic hydroxyl groups is 2. The third-order valence-electron chi connectivity index (χ3n) is 2.29. The summed E-state index contributed by atoms with van der Waals surface area (Å²) in [5, 5.41) is 18.7. The van der Waals surface area contributed by atoms with Crippen molar-refractivity contribution in [2.45, 2.75) is 19.1 Å². The molecule has 0 aliphatic heterocycles. The van der Waals surface area contributed by atoms with Crippen molar-refractivity contribution < 1.29 is 19.4 Å². The van der Waals surface area contributed by atoms with Gasteiger partial charge in [0, 0.05) is 11.3 Å². The van der Waals surface area contributed by atoms with Gasteiger partial charge in [-0.1, -0.05) is 0 Å². The molecule has 0 spiro atoms. The van der Waals surface area contributed by atoms with Crippen molar-refractivity contribution in [2.24, 2.45) is 5.73 Å². The lowest BCUT2D eigenvalue weighted by atomic mass is 10.0. The van der Waals surface area contributed by atoms with Crippen LogP contribution in [0, 0.1) is 12.7 Å². The molecule has 0 aliphatic carbocycles. The largest absolute Gasteiger partial charge is 0.398 e. The van der Waals surface area contributed by atoms with E-state index in [0.717, 1.165) is 6.07 Å². The van der Waals surface area contributed by atoms with E-state index in [4.69, 9.17) is 11.5 Å². The number of rotatable bonds is 3. The number of hydrogen-bond donors (Lipinski definition) is 4. The van der Waals surface area contributed by atoms with E-state index >= 15 is 0 Å². The molecule has 0 radical (unpaired) electrons. The summed E-state index contributed by atoms with van der Waals surface area (Å²) < 4.78 is 13.4. The zero-order chi connectivity index (χ0) is 12.5. The van der Waals surface area contributed by atoms with Gasteiger partial charge in [0.15, 0.2) is 6.10 Å². The predicted octanol–water partition coefficient (Wildman–Crippen LogP) is -0.404. The van der Waals surface area contributed by atoms with Crippen LogP contribution in [0.4, 0.5) is 10.1 Å². The fourth-order valence-corrected chi connectivity index (χ4v) is 1.27. The minimum absolute atomic E-state index is 0.210. The Morgan fingerprint density at radius 1 is 1.44 bits per heavy atom. The second-order valence-electron chi connectivity index (χ2n) is 3.52. The minimum atomic E-state index is -1.85. The highest BCUT2D eigenvalue weighted by Crippen LogP contribution is 2.24. The van der Waals surface area contributed by atoms with Crippen LogP contribution in [0.2, 0.25) is 0 Å². The highest BCUT2D eigenvalue weighted by Gasteiger charge is 2.26. The maximum absolute atomic E-state index is 13.4. The number of nitrogen functional groups attached to an aromatic ring is 1. The van der Waals surface area contributed by atoms with Crippen molar-refractivity contribution in [3.05, 3.63) is 29.1 Å². The number of halogens is 1. The molecule has 1 amide bonds. The summed E-state index contributed by atoms with van der Waals surface area (Å²) in [5.41, 5.74) is 10.8. The number of hydrogen-bond acceptors (Lipinski definition) is 4. The van der Waals surface area contributed by atoms with Crippen LogP contribution >= 0.6 is 0 Å². The number of carbonyl (C=O) groups excluding carboxylic acids is 1. The molecule has 0 fully saturated rings. The van der Waals surface area contributed by atoms with Crippen LogP contribution in [-0.4, -0.2) is 22.2 Å². The molecular weight excluding hydrogens is 215 g/mol. The van der Waals surface area contributed by atoms with Gasteiger partial charge in [-0.25, -0.2) is 4.39 Å². The first-order chi connectivity index (χ1) is 7.34. The number of carbonyl (C=O) groups is 1. The van der Waals surface area contributed by atoms with E-state index in [1.807, 2.05) is 0 Å². The zero-order valence-corrected chi connectivity index (χ0v) is 8.64. The summed E-state index contributed by atoms with van der Waals surface area (Å²) in [6.07, 6.45) is -3.55. The number of anilines is 1. The first kappa shape index (κ1) is 12.4. The Kier molecular flexibility index (Phi) is 3.46. The Labute approximate surface area is 91.5 Å². The fraction of sp³-hybridized carbons (Fsp3) is 0.300. The summed E-state index contributed by atoms with van der Waals surface area (Å²) in [4.78, 5) is 10.6. The lowest BCUT2D eigenvalue weighted by molar-refractivity contribution is -0.132. The second-order valence-corrected chi connectivity index (χ2v) is 3.52. The van der Waals surface area contributed by atoms with Crippen LogP contribution < -0.4 is 11.5 Å². The molecule has 1 aromatic carbocycles. The van der Waals surface area contributed by atoms with E-state index in [2.05, 4.69) is 0 Å². The fourth-order valence-electron chi connectivity index (χ4n) is 1.27. The second kappa shape index (κ2) is 4.46. The van der Waals surface area contributed by atoms with Gasteiger partial charge >= 0.3 is 0 Å². The number of primary amides is 1. The predicted molar refractivity (Wildman–Crippen MR) is 55.7 cm³/mol. The quantitative estimate of drug-likeness (QED) is 0.527. The Morgan fingerprint density at radius 2 is 2.00 bits per heavy atom. The molecule has 0 aliphatic rings. The standard InChI is InChI=1S/C10H13FN2O3/c1-4-2-5(6(11)3-7(4)12)8(14)9(15)10(13)16/h2-3,8-9,14-15H,12H2,1H3,(H2,13,16). The molecule has 2 unspecified atom stereocenters. The first-order valence-electron chi connectivity index (χ1n) is 4.55. The molecule has 0 saturated heterocycles. The summed E-state index contributed by atoms with van der Waals surface area (Å²) in [6.45, 7) is 1.61. The summed E-state index contributed by atoms with van der Waals surface area (Å²) in [6, 6.07) is 2.28. The molecule has 88 valence electrons. The van der Waals surface area contributed by atoms with E-state index in [9.17, 15) is 19.4 Å². The van der Waals surface area contributed by atoms with Gasteiger partial charge < -0.3 is 21.7 Å². The van der Waals surface area contributed by atoms with Gasteiger partial charge in [-0.3, -0.25) is 4.79 Å². The van der Waals surface area contributed by atoms with Crippen LogP contribution in [0.25, 0.3) is 0 Å². The van der Waals surface area contributed by atoms with Gasteiger partial charge in [0.05, 0.1) is 0 Å². The third kappa shape index (κ3) is 2.29. The molecule has 6 heteroatoms. The normalized spacial score (nSPS) is 14.5. The molecule has 1 aromatic rings. The number of nitrogens with two attached hydrogens (primary N) is 2. The Bertz CT molecular complexity index is 423. The van der Waals surface area contributed by atoms with Crippen molar-refractivity contribution >= 4 is 11.6 Å². The SMILES string of the molecule is Cc1cc(C(O)C(O)C(N)=O)c(F)cc1N. The molecule has 5 nitrogen and oxygen atoms in total. The van der Waals surface area contributed by atoms with Gasteiger partial charge in [-0.05, 0) is 24.6 Å². The monoisotopic (exact) mass is 228 g/mol. The maximum Gasteiger partial charge on any atom is 0.249 e. The van der Waals surface area contributed by atoms with Crippen LogP contribution in [0.15, 0.2) is 12.1 Å². The average Bonchev–Trinajstić information content (AvgIpc) is 2.21. The lowest BCUT2D eigenvalue weighted by Gasteiger charge is -2.17. The number of amides is 1. The average molecular weight is 228 g/mol. The van der Waals surface area contributed by atoms with Crippen LogP contribution in [0.1, 0.15) is 17.2 Å². The summed E-state index contributed by atoms with van der Waals surface area (Å²) in [7, 11) is 0. The van der Waals surface area contributed by atoms with E-state index in [-0.39, 0.29) is 11.3 Å². The van der Waals surface area contributed by atoms with Gasteiger partial charge in [0.2, 0.25) is 5.91 Å². The minimum Gasteiger partial charge on any atom is -0.398 e. The van der Waals surface area contributed by atoms with E-state index in [1.165, 1.54) is 6.07 Å². The summed E-state index contributed by atoms with van der Waals surface area (Å²) in [5.74, 6) is -1.92. The smallest absolute Gasteiger partial charge is 0.249 e. The highest BCUT2D eigenvalue weighted by molar-refractivity contribution is 5.79. The van der Waals surface area contributed by atoms with Crippen LogP contribution in [0.3, 0.4) is 0 Å². The summed E-state index contributed by atoms with van der Waals surface area (Å²) >= 11 is 0. The molecule has 0 bridgehead atoms. The van der Waals surface area contributed by atoms with Crippen molar-refractivity contribution in [1.29, 1.82) is 0 Å². The maximum atomic E-state index is 13.4. The Morgan fingerprint density at radius 3 is 2.50 bits per heavy atom. The molecule has 6 N–H and O–H groups in total. The van der Waals surface area contributed by atoms with E-state index < -0.39 is 23.9 Å². The number of benzene rings is 1. The van der Waals surface area contributed by atoms with Gasteiger partial charge in [0.1, 0.15) is 11.9 Å². The first-order valence-corrected chi connectivity index (χ1v) is 4.55. The van der Waals surface area contributed by atoms with E-state index in [0.29, 0.717) is 5.56 Å². The van der Waals surface area contributed by atoms with Gasteiger partial charge in [-0.2, -0.15) is 0 Å². The number of aryl methyl sites for hydroxylation is 1. The highest BCUT2D eigenvalue weighted by atomic mass is 19.1. The van der Waals surface area contributed by atoms with Crippen molar-refractivity contribution in [3.63, 3.8) is 0 Å². The Balaban J connectivity index is 3.13. The molecule has 1 rings (SSSR count). The van der Waals surface area contributed by atoms with Crippen molar-refractivity contribution in [2.75, 3.05) is 5.73 Å². The molecule has 0 aromatic heterocycles. The topological polar surface area (TPSA) is 110 Å². The van der Waals surface area contributed by atoms with Crippen LogP contribution in [-0.2, 0) is 4.79 Å². The zero-order valence-electron chi connectivity index (χ0n) is 8.64. The van der Waals surface area contributed by atoms with Crippen molar-refractivity contribution in [1.82, 2.24) is 0 Å². The Hall–Kier alpha value is -1.66. The molecule has 16 heavy (non-hydrogen) atoms. The van der Waals surface area contributed by atoms with E-state index in [1.54, 1.807) is 6.92 Å². The van der Waals surface area contributed by atoms with Gasteiger partial charge in [0.25, 0.3) is 0 Å². The molecule has 2 atom stereocenters. The molecule has 0 saturated carbocycles. The van der Waals surface area contributed by atoms with Crippen molar-refractivity contribution in [3.8, 4) is 0 Å². The van der Waals surface area contributed by atoms with Crippen LogP contribution in [0.5, 0.6) is 0 Å². The lowest BCUT2D eigenvalue weighted by Crippen LogP contribution is -2.34. The molecular formula is C10H13FN2O3. The van der Waals surface area contributed by atoms with Gasteiger partial charge in [-0.15, -0.1) is 0 Å².